The van der Waals surface area contributed by atoms with Crippen LogP contribution in [0.4, 0.5) is 0 Å². The number of nitrogens with two attached hydrogens (primary N) is 1. The van der Waals surface area contributed by atoms with Gasteiger partial charge >= 0.3 is 0 Å². The fourth-order valence-corrected chi connectivity index (χ4v) is 4.33. The number of halogens is 1. The predicted molar refractivity (Wildman–Crippen MR) is 97.8 cm³/mol. The van der Waals surface area contributed by atoms with E-state index in [1.54, 1.807) is 7.11 Å². The molecule has 5 heteroatoms. The Hall–Kier alpha value is -1.10. The monoisotopic (exact) mass is 352 g/mol. The number of benzene rings is 1. The first-order valence-corrected chi connectivity index (χ1v) is 8.77. The molecule has 4 nitrogen and oxygen atoms in total. The van der Waals surface area contributed by atoms with Gasteiger partial charge in [-0.25, -0.2) is 0 Å². The highest BCUT2D eigenvalue weighted by atomic mass is 35.5. The first-order valence-electron chi connectivity index (χ1n) is 8.77. The molecule has 2 bridgehead atoms. The lowest BCUT2D eigenvalue weighted by atomic mass is 9.65. The zero-order valence-corrected chi connectivity index (χ0v) is 15.2. The molecule has 0 heterocycles. The average molecular weight is 353 g/mol. The van der Waals surface area contributed by atoms with Crippen molar-refractivity contribution in [1.29, 1.82) is 0 Å². The molecule has 0 spiro atoms. The Balaban J connectivity index is 0.00000208. The van der Waals surface area contributed by atoms with Crippen LogP contribution in [-0.2, 0) is 22.7 Å². The number of rotatable bonds is 5. The van der Waals surface area contributed by atoms with Crippen molar-refractivity contribution in [2.24, 2.45) is 23.5 Å². The Labute approximate surface area is 150 Å². The normalized spacial score (nSPS) is 28.8. The fourth-order valence-electron chi connectivity index (χ4n) is 4.33. The molecule has 2 aliphatic carbocycles. The van der Waals surface area contributed by atoms with E-state index in [2.05, 4.69) is 11.4 Å². The second-order valence-corrected chi connectivity index (χ2v) is 7.17. The van der Waals surface area contributed by atoms with Crippen molar-refractivity contribution in [3.63, 3.8) is 0 Å². The quantitative estimate of drug-likeness (QED) is 0.856. The van der Waals surface area contributed by atoms with E-state index in [1.165, 1.54) is 19.3 Å². The molecule has 2 saturated carbocycles. The molecule has 2 unspecified atom stereocenters. The van der Waals surface area contributed by atoms with Crippen molar-refractivity contribution in [3.05, 3.63) is 35.4 Å². The van der Waals surface area contributed by atoms with E-state index in [4.69, 9.17) is 10.5 Å². The first-order chi connectivity index (χ1) is 11.2. The Morgan fingerprint density at radius 2 is 1.92 bits per heavy atom. The van der Waals surface area contributed by atoms with Crippen molar-refractivity contribution < 1.29 is 9.53 Å². The maximum atomic E-state index is 12.5. The SMILES string of the molecule is COCc1cccc(CNC(=O)C2CC3CCCC(C2)C3N)c1.Cl. The maximum absolute atomic E-state index is 12.5. The van der Waals surface area contributed by atoms with Crippen molar-refractivity contribution in [1.82, 2.24) is 5.32 Å². The number of methoxy groups -OCH3 is 1. The predicted octanol–water partition coefficient (Wildman–Crippen LogP) is 3.02. The molecule has 2 fully saturated rings. The minimum absolute atomic E-state index is 0. The van der Waals surface area contributed by atoms with E-state index in [0.29, 0.717) is 31.0 Å². The molecule has 1 aromatic rings. The lowest BCUT2D eigenvalue weighted by Crippen LogP contribution is -2.49. The van der Waals surface area contributed by atoms with Gasteiger partial charge in [-0.2, -0.15) is 0 Å². The van der Waals surface area contributed by atoms with Crippen LogP contribution in [-0.4, -0.2) is 19.1 Å². The minimum atomic E-state index is 0. The molecule has 0 radical (unpaired) electrons. The lowest BCUT2D eigenvalue weighted by Gasteiger charge is -2.43. The average Bonchev–Trinajstić information content (AvgIpc) is 2.53. The summed E-state index contributed by atoms with van der Waals surface area (Å²) >= 11 is 0. The highest BCUT2D eigenvalue weighted by Gasteiger charge is 2.40. The molecule has 3 rings (SSSR count). The van der Waals surface area contributed by atoms with Gasteiger partial charge in [0.15, 0.2) is 0 Å². The summed E-state index contributed by atoms with van der Waals surface area (Å²) in [5.41, 5.74) is 8.58. The van der Waals surface area contributed by atoms with Gasteiger partial charge in [-0.05, 0) is 48.6 Å². The summed E-state index contributed by atoms with van der Waals surface area (Å²) < 4.78 is 5.16. The number of fused-ring (bicyclic) bond motifs is 2. The summed E-state index contributed by atoms with van der Waals surface area (Å²) in [6.45, 7) is 1.19. The van der Waals surface area contributed by atoms with E-state index in [1.807, 2.05) is 18.2 Å². The molecule has 2 aliphatic rings. The Kier molecular flexibility index (Phi) is 7.08. The topological polar surface area (TPSA) is 64.3 Å². The van der Waals surface area contributed by atoms with Gasteiger partial charge in [0, 0.05) is 25.6 Å². The van der Waals surface area contributed by atoms with Crippen LogP contribution in [0.15, 0.2) is 24.3 Å². The molecule has 0 saturated heterocycles. The van der Waals surface area contributed by atoms with Crippen LogP contribution in [0.3, 0.4) is 0 Å². The first kappa shape index (κ1) is 19.2. The van der Waals surface area contributed by atoms with Crippen molar-refractivity contribution in [2.45, 2.75) is 51.3 Å². The third-order valence-electron chi connectivity index (χ3n) is 5.55. The summed E-state index contributed by atoms with van der Waals surface area (Å²) in [6, 6.07) is 8.51. The van der Waals surface area contributed by atoms with Crippen molar-refractivity contribution >= 4 is 18.3 Å². The molecule has 0 aromatic heterocycles. The van der Waals surface area contributed by atoms with Crippen LogP contribution in [0.25, 0.3) is 0 Å². The zero-order valence-electron chi connectivity index (χ0n) is 14.4. The molecule has 134 valence electrons. The van der Waals surface area contributed by atoms with E-state index in [0.717, 1.165) is 24.0 Å². The maximum Gasteiger partial charge on any atom is 0.223 e. The molecule has 24 heavy (non-hydrogen) atoms. The Morgan fingerprint density at radius 1 is 1.25 bits per heavy atom. The van der Waals surface area contributed by atoms with Crippen molar-refractivity contribution in [3.8, 4) is 0 Å². The molecule has 0 aliphatic heterocycles. The van der Waals surface area contributed by atoms with Gasteiger partial charge < -0.3 is 15.8 Å². The molecule has 2 atom stereocenters. The van der Waals surface area contributed by atoms with Gasteiger partial charge in [-0.15, -0.1) is 12.4 Å². The fraction of sp³-hybridized carbons (Fsp3) is 0.632. The van der Waals surface area contributed by atoms with E-state index in [-0.39, 0.29) is 24.2 Å². The molecule has 3 N–H and O–H groups in total. The van der Waals surface area contributed by atoms with Gasteiger partial charge in [0.2, 0.25) is 5.91 Å². The van der Waals surface area contributed by atoms with Gasteiger partial charge in [0.1, 0.15) is 0 Å². The van der Waals surface area contributed by atoms with Crippen LogP contribution in [0, 0.1) is 17.8 Å². The van der Waals surface area contributed by atoms with Crippen LogP contribution < -0.4 is 11.1 Å². The van der Waals surface area contributed by atoms with E-state index < -0.39 is 0 Å². The number of hydrogen-bond acceptors (Lipinski definition) is 3. The smallest absolute Gasteiger partial charge is 0.223 e. The van der Waals surface area contributed by atoms with Crippen LogP contribution >= 0.6 is 12.4 Å². The molecule has 1 aromatic carbocycles. The van der Waals surface area contributed by atoms with Gasteiger partial charge in [-0.3, -0.25) is 4.79 Å². The largest absolute Gasteiger partial charge is 0.380 e. The van der Waals surface area contributed by atoms with E-state index in [9.17, 15) is 4.79 Å². The van der Waals surface area contributed by atoms with Gasteiger partial charge in [0.05, 0.1) is 6.61 Å². The molecular formula is C19H29ClN2O2. The number of ether oxygens (including phenoxy) is 1. The van der Waals surface area contributed by atoms with Crippen LogP contribution in [0.2, 0.25) is 0 Å². The standard InChI is InChI=1S/C19H28N2O2.ClH/c1-23-12-14-5-2-4-13(8-14)11-21-19(22)17-9-15-6-3-7-16(10-17)18(15)20;/h2,4-5,8,15-18H,3,6-7,9-12,20H2,1H3,(H,21,22);1H. The Bertz CT molecular complexity index is 538. The van der Waals surface area contributed by atoms with Crippen molar-refractivity contribution in [2.75, 3.05) is 7.11 Å². The van der Waals surface area contributed by atoms with Crippen LogP contribution in [0.1, 0.15) is 43.2 Å². The van der Waals surface area contributed by atoms with E-state index >= 15 is 0 Å². The zero-order chi connectivity index (χ0) is 16.2. The highest BCUT2D eigenvalue weighted by molar-refractivity contribution is 5.85. The lowest BCUT2D eigenvalue weighted by molar-refractivity contribution is -0.128. The Morgan fingerprint density at radius 3 is 2.58 bits per heavy atom. The number of nitrogens with one attached hydrogen (secondary N) is 1. The third-order valence-corrected chi connectivity index (χ3v) is 5.55. The highest BCUT2D eigenvalue weighted by Crippen LogP contribution is 2.41. The third kappa shape index (κ3) is 4.50. The summed E-state index contributed by atoms with van der Waals surface area (Å²) in [5, 5.41) is 3.12. The number of hydrogen-bond donors (Lipinski definition) is 2. The molecule has 1 amide bonds. The number of carbonyl (C=O) groups is 1. The second kappa shape index (κ2) is 8.84. The number of carbonyl (C=O) groups excluding carboxylic acids is 1. The minimum Gasteiger partial charge on any atom is -0.380 e. The summed E-state index contributed by atoms with van der Waals surface area (Å²) in [4.78, 5) is 12.5. The second-order valence-electron chi connectivity index (χ2n) is 7.17. The van der Waals surface area contributed by atoms with Gasteiger partial charge in [-0.1, -0.05) is 30.7 Å². The van der Waals surface area contributed by atoms with Gasteiger partial charge in [0.25, 0.3) is 0 Å². The summed E-state index contributed by atoms with van der Waals surface area (Å²) in [7, 11) is 1.69. The molecular weight excluding hydrogens is 324 g/mol. The summed E-state index contributed by atoms with van der Waals surface area (Å²) in [6.07, 6.45) is 5.60. The summed E-state index contributed by atoms with van der Waals surface area (Å²) in [5.74, 6) is 1.43. The number of amides is 1. The van der Waals surface area contributed by atoms with Crippen LogP contribution in [0.5, 0.6) is 0 Å².